The van der Waals surface area contributed by atoms with Crippen LogP contribution >= 0.6 is 15.9 Å². The molecule has 5 heteroatoms. The highest BCUT2D eigenvalue weighted by Gasteiger charge is 2.11. The van der Waals surface area contributed by atoms with Crippen LogP contribution in [0.1, 0.15) is 18.1 Å². The lowest BCUT2D eigenvalue weighted by molar-refractivity contribution is -0.123. The van der Waals surface area contributed by atoms with Gasteiger partial charge in [0.05, 0.1) is 4.47 Å². The molecule has 0 atom stereocenters. The van der Waals surface area contributed by atoms with Gasteiger partial charge in [0, 0.05) is 0 Å². The molecule has 18 heavy (non-hydrogen) atoms. The van der Waals surface area contributed by atoms with Gasteiger partial charge in [0.1, 0.15) is 5.75 Å². The number of nitrogens with two attached hydrogens (primary N) is 1. The molecule has 1 rings (SSSR count). The Morgan fingerprint density at radius 3 is 2.89 bits per heavy atom. The van der Waals surface area contributed by atoms with Crippen LogP contribution in [0.25, 0.3) is 0 Å². The molecule has 1 aromatic rings. The van der Waals surface area contributed by atoms with Crippen molar-refractivity contribution in [3.8, 4) is 5.75 Å². The van der Waals surface area contributed by atoms with Crippen molar-refractivity contribution in [3.63, 3.8) is 0 Å². The fourth-order valence-electron chi connectivity index (χ4n) is 1.56. The molecule has 0 bridgehead atoms. The first-order valence-corrected chi connectivity index (χ1v) is 6.46. The molecule has 0 saturated carbocycles. The van der Waals surface area contributed by atoms with Gasteiger partial charge in [-0.2, -0.15) is 0 Å². The van der Waals surface area contributed by atoms with Crippen molar-refractivity contribution in [2.24, 2.45) is 5.84 Å². The van der Waals surface area contributed by atoms with E-state index in [-0.39, 0.29) is 12.5 Å². The molecule has 4 nitrogen and oxygen atoms in total. The number of rotatable bonds is 6. The Hall–Kier alpha value is -1.33. The fraction of sp³-hybridized carbons (Fsp3) is 0.308. The number of amides is 1. The highest BCUT2D eigenvalue weighted by Crippen LogP contribution is 2.31. The van der Waals surface area contributed by atoms with Gasteiger partial charge < -0.3 is 4.74 Å². The van der Waals surface area contributed by atoms with E-state index in [0.29, 0.717) is 12.2 Å². The largest absolute Gasteiger partial charge is 0.482 e. The summed E-state index contributed by atoms with van der Waals surface area (Å²) >= 11 is 3.46. The average molecular weight is 313 g/mol. The van der Waals surface area contributed by atoms with Crippen LogP contribution in [0.3, 0.4) is 0 Å². The highest BCUT2D eigenvalue weighted by molar-refractivity contribution is 9.10. The van der Waals surface area contributed by atoms with E-state index >= 15 is 0 Å². The van der Waals surface area contributed by atoms with Gasteiger partial charge in [0.15, 0.2) is 6.61 Å². The molecule has 0 heterocycles. The van der Waals surface area contributed by atoms with E-state index in [4.69, 9.17) is 10.6 Å². The molecule has 0 spiro atoms. The number of ether oxygens (including phenoxy) is 1. The molecule has 98 valence electrons. The predicted molar refractivity (Wildman–Crippen MR) is 75.2 cm³/mol. The van der Waals surface area contributed by atoms with Crippen molar-refractivity contribution in [3.05, 3.63) is 40.4 Å². The summed E-state index contributed by atoms with van der Waals surface area (Å²) < 4.78 is 6.32. The molecule has 1 aromatic carbocycles. The zero-order valence-electron chi connectivity index (χ0n) is 10.3. The second kappa shape index (κ2) is 7.18. The molecule has 0 aliphatic heterocycles. The first kappa shape index (κ1) is 14.7. The molecule has 0 fully saturated rings. The number of hydrogen-bond acceptors (Lipinski definition) is 3. The van der Waals surface area contributed by atoms with Crippen LogP contribution in [0.2, 0.25) is 0 Å². The summed E-state index contributed by atoms with van der Waals surface area (Å²) in [5.74, 6) is 5.30. The van der Waals surface area contributed by atoms with Gasteiger partial charge in [-0.3, -0.25) is 10.2 Å². The summed E-state index contributed by atoms with van der Waals surface area (Å²) in [6, 6.07) is 4.05. The SMILES string of the molecule is C=CCc1cc(CC)cc(Br)c1OCC(=O)NN. The Morgan fingerprint density at radius 1 is 1.61 bits per heavy atom. The van der Waals surface area contributed by atoms with Crippen molar-refractivity contribution in [1.29, 1.82) is 0 Å². The first-order chi connectivity index (χ1) is 8.62. The smallest absolute Gasteiger partial charge is 0.271 e. The van der Waals surface area contributed by atoms with Crippen LogP contribution in [0, 0.1) is 0 Å². The lowest BCUT2D eigenvalue weighted by atomic mass is 10.1. The number of benzene rings is 1. The first-order valence-electron chi connectivity index (χ1n) is 5.66. The predicted octanol–water partition coefficient (Wildman–Crippen LogP) is 2.11. The maximum atomic E-state index is 11.1. The van der Waals surface area contributed by atoms with Gasteiger partial charge in [-0.1, -0.05) is 19.1 Å². The molecular formula is C13H17BrN2O2. The summed E-state index contributed by atoms with van der Waals surface area (Å²) in [6.07, 6.45) is 3.43. The number of carbonyl (C=O) groups excluding carboxylic acids is 1. The number of nitrogens with one attached hydrogen (secondary N) is 1. The van der Waals surface area contributed by atoms with Crippen LogP contribution in [-0.2, 0) is 17.6 Å². The molecule has 1 amide bonds. The van der Waals surface area contributed by atoms with E-state index in [1.807, 2.05) is 11.5 Å². The molecule has 0 aliphatic rings. The second-order valence-corrected chi connectivity index (χ2v) is 4.62. The van der Waals surface area contributed by atoms with Crippen LogP contribution in [0.15, 0.2) is 29.3 Å². The molecular weight excluding hydrogens is 296 g/mol. The van der Waals surface area contributed by atoms with E-state index in [1.165, 1.54) is 5.56 Å². The summed E-state index contributed by atoms with van der Waals surface area (Å²) in [5.41, 5.74) is 4.23. The Labute approximate surface area is 115 Å². The van der Waals surface area contributed by atoms with E-state index in [2.05, 4.69) is 35.5 Å². The van der Waals surface area contributed by atoms with Gasteiger partial charge in [0.2, 0.25) is 0 Å². The Morgan fingerprint density at radius 2 is 2.33 bits per heavy atom. The molecule has 3 N–H and O–H groups in total. The fourth-order valence-corrected chi connectivity index (χ4v) is 2.23. The van der Waals surface area contributed by atoms with Crippen molar-refractivity contribution in [2.75, 3.05) is 6.61 Å². The number of halogens is 1. The van der Waals surface area contributed by atoms with E-state index in [1.54, 1.807) is 6.08 Å². The summed E-state index contributed by atoms with van der Waals surface area (Å²) in [7, 11) is 0. The minimum atomic E-state index is -0.369. The topological polar surface area (TPSA) is 64.3 Å². The lowest BCUT2D eigenvalue weighted by Crippen LogP contribution is -2.34. The van der Waals surface area contributed by atoms with Crippen molar-refractivity contribution in [2.45, 2.75) is 19.8 Å². The minimum absolute atomic E-state index is 0.106. The van der Waals surface area contributed by atoms with Gasteiger partial charge >= 0.3 is 0 Å². The van der Waals surface area contributed by atoms with Gasteiger partial charge in [-0.05, 0) is 46.0 Å². The molecule has 0 aromatic heterocycles. The molecule has 0 aliphatic carbocycles. The van der Waals surface area contributed by atoms with Gasteiger partial charge in [-0.25, -0.2) is 5.84 Å². The average Bonchev–Trinajstić information content (AvgIpc) is 2.37. The second-order valence-electron chi connectivity index (χ2n) is 3.77. The monoisotopic (exact) mass is 312 g/mol. The highest BCUT2D eigenvalue weighted by atomic mass is 79.9. The summed E-state index contributed by atoms with van der Waals surface area (Å²) in [5, 5.41) is 0. The standard InChI is InChI=1S/C13H17BrN2O2/c1-3-5-10-6-9(4-2)7-11(14)13(10)18-8-12(17)16-15/h3,6-7H,1,4-5,8,15H2,2H3,(H,16,17). The van der Waals surface area contributed by atoms with Gasteiger partial charge in [0.25, 0.3) is 5.91 Å². The number of hydrazine groups is 1. The third-order valence-electron chi connectivity index (χ3n) is 2.46. The number of hydrogen-bond donors (Lipinski definition) is 2. The third-order valence-corrected chi connectivity index (χ3v) is 3.05. The minimum Gasteiger partial charge on any atom is -0.482 e. The van der Waals surface area contributed by atoms with Crippen molar-refractivity contribution >= 4 is 21.8 Å². The normalized spacial score (nSPS) is 9.94. The zero-order chi connectivity index (χ0) is 13.5. The zero-order valence-corrected chi connectivity index (χ0v) is 11.9. The summed E-state index contributed by atoms with van der Waals surface area (Å²) in [6.45, 7) is 5.70. The third kappa shape index (κ3) is 3.85. The number of carbonyl (C=O) groups is 1. The number of allylic oxidation sites excluding steroid dienone is 1. The lowest BCUT2D eigenvalue weighted by Gasteiger charge is -2.13. The van der Waals surface area contributed by atoms with E-state index in [0.717, 1.165) is 16.5 Å². The van der Waals surface area contributed by atoms with Crippen molar-refractivity contribution < 1.29 is 9.53 Å². The number of aryl methyl sites for hydroxylation is 1. The maximum Gasteiger partial charge on any atom is 0.271 e. The van der Waals surface area contributed by atoms with Gasteiger partial charge in [-0.15, -0.1) is 6.58 Å². The molecule has 0 saturated heterocycles. The molecule has 0 unspecified atom stereocenters. The van der Waals surface area contributed by atoms with Crippen LogP contribution < -0.4 is 16.0 Å². The van der Waals surface area contributed by atoms with Crippen LogP contribution in [0.5, 0.6) is 5.75 Å². The Balaban J connectivity index is 2.99. The Kier molecular flexibility index (Phi) is 5.88. The molecule has 0 radical (unpaired) electrons. The van der Waals surface area contributed by atoms with Crippen LogP contribution in [-0.4, -0.2) is 12.5 Å². The van der Waals surface area contributed by atoms with Crippen molar-refractivity contribution in [1.82, 2.24) is 5.43 Å². The Bertz CT molecular complexity index is 447. The maximum absolute atomic E-state index is 11.1. The quantitative estimate of drug-likeness (QED) is 0.366. The van der Waals surface area contributed by atoms with Crippen LogP contribution in [0.4, 0.5) is 0 Å². The summed E-state index contributed by atoms with van der Waals surface area (Å²) in [4.78, 5) is 11.1. The van der Waals surface area contributed by atoms with E-state index < -0.39 is 0 Å². The van der Waals surface area contributed by atoms with E-state index in [9.17, 15) is 4.79 Å².